The number of H-pyrrole nitrogens is 1. The molecule has 0 aliphatic heterocycles. The van der Waals surface area contributed by atoms with E-state index in [0.29, 0.717) is 0 Å². The van der Waals surface area contributed by atoms with E-state index in [2.05, 4.69) is 17.2 Å². The molecular formula is C12H17N. The molecule has 3 rings (SSSR count). The van der Waals surface area contributed by atoms with Crippen LogP contribution < -0.4 is 0 Å². The van der Waals surface area contributed by atoms with Crippen LogP contribution in [-0.4, -0.2) is 4.98 Å². The van der Waals surface area contributed by atoms with Crippen molar-refractivity contribution in [3.63, 3.8) is 0 Å². The Morgan fingerprint density at radius 3 is 2.23 bits per heavy atom. The first-order valence-electron chi connectivity index (χ1n) is 5.62. The van der Waals surface area contributed by atoms with Gasteiger partial charge in [-0.1, -0.05) is 12.8 Å². The SMILES string of the molecule is c1cc(C2CCC2)c(C2CCC2)[nH]1. The van der Waals surface area contributed by atoms with Gasteiger partial charge in [-0.25, -0.2) is 0 Å². The fourth-order valence-corrected chi connectivity index (χ4v) is 2.52. The molecule has 1 nitrogen and oxygen atoms in total. The van der Waals surface area contributed by atoms with Crippen molar-refractivity contribution in [1.82, 2.24) is 4.98 Å². The lowest BCUT2D eigenvalue weighted by molar-refractivity contribution is 0.384. The van der Waals surface area contributed by atoms with Gasteiger partial charge in [0.1, 0.15) is 0 Å². The normalized spacial score (nSPS) is 24.0. The summed E-state index contributed by atoms with van der Waals surface area (Å²) in [6, 6.07) is 2.32. The lowest BCUT2D eigenvalue weighted by atomic mass is 9.75. The first-order valence-corrected chi connectivity index (χ1v) is 5.62. The van der Waals surface area contributed by atoms with E-state index in [1.165, 1.54) is 38.5 Å². The van der Waals surface area contributed by atoms with Crippen LogP contribution in [0, 0.1) is 0 Å². The number of aromatic amines is 1. The van der Waals surface area contributed by atoms with Gasteiger partial charge in [-0.15, -0.1) is 0 Å². The van der Waals surface area contributed by atoms with Gasteiger partial charge in [-0.05, 0) is 49.1 Å². The van der Waals surface area contributed by atoms with Crippen LogP contribution in [0.3, 0.4) is 0 Å². The van der Waals surface area contributed by atoms with Gasteiger partial charge >= 0.3 is 0 Å². The highest BCUT2D eigenvalue weighted by Gasteiger charge is 2.28. The molecule has 2 fully saturated rings. The predicted molar refractivity (Wildman–Crippen MR) is 54.0 cm³/mol. The Bertz CT molecular complexity index is 263. The van der Waals surface area contributed by atoms with E-state index in [4.69, 9.17) is 0 Å². The molecule has 0 bridgehead atoms. The molecule has 1 heteroatoms. The Labute approximate surface area is 79.5 Å². The molecule has 0 atom stereocenters. The van der Waals surface area contributed by atoms with Gasteiger partial charge in [-0.3, -0.25) is 0 Å². The molecule has 2 saturated carbocycles. The summed E-state index contributed by atoms with van der Waals surface area (Å²) in [6.45, 7) is 0. The van der Waals surface area contributed by atoms with E-state index in [0.717, 1.165) is 11.8 Å². The lowest BCUT2D eigenvalue weighted by Crippen LogP contribution is -2.15. The van der Waals surface area contributed by atoms with Crippen molar-refractivity contribution in [2.75, 3.05) is 0 Å². The average molecular weight is 175 g/mol. The van der Waals surface area contributed by atoms with Gasteiger partial charge in [0.2, 0.25) is 0 Å². The molecule has 0 amide bonds. The summed E-state index contributed by atoms with van der Waals surface area (Å²) in [5.41, 5.74) is 3.23. The van der Waals surface area contributed by atoms with E-state index in [1.807, 2.05) is 0 Å². The number of hydrogen-bond donors (Lipinski definition) is 1. The average Bonchev–Trinajstić information content (AvgIpc) is 2.30. The van der Waals surface area contributed by atoms with Crippen LogP contribution in [0.25, 0.3) is 0 Å². The summed E-state index contributed by atoms with van der Waals surface area (Å²) in [5.74, 6) is 1.78. The van der Waals surface area contributed by atoms with Crippen LogP contribution in [0.15, 0.2) is 12.3 Å². The molecule has 1 aromatic heterocycles. The minimum Gasteiger partial charge on any atom is -0.365 e. The predicted octanol–water partition coefficient (Wildman–Crippen LogP) is 3.55. The van der Waals surface area contributed by atoms with Gasteiger partial charge in [-0.2, -0.15) is 0 Å². The standard InChI is InChI=1S/C12H17N/c1-3-9(4-1)11-7-8-13-12(11)10-5-2-6-10/h7-10,13H,1-6H2. The van der Waals surface area contributed by atoms with Gasteiger partial charge in [0, 0.05) is 11.9 Å². The smallest absolute Gasteiger partial charge is 0.0214 e. The van der Waals surface area contributed by atoms with Crippen molar-refractivity contribution in [1.29, 1.82) is 0 Å². The van der Waals surface area contributed by atoms with Crippen molar-refractivity contribution in [2.24, 2.45) is 0 Å². The van der Waals surface area contributed by atoms with Crippen molar-refractivity contribution < 1.29 is 0 Å². The maximum absolute atomic E-state index is 3.46. The Morgan fingerprint density at radius 2 is 1.69 bits per heavy atom. The zero-order valence-corrected chi connectivity index (χ0v) is 8.05. The van der Waals surface area contributed by atoms with Gasteiger partial charge in [0.15, 0.2) is 0 Å². The second-order valence-corrected chi connectivity index (χ2v) is 4.60. The summed E-state index contributed by atoms with van der Waals surface area (Å²) in [4.78, 5) is 3.46. The molecule has 1 heterocycles. The number of nitrogens with one attached hydrogen (secondary N) is 1. The molecule has 0 spiro atoms. The van der Waals surface area contributed by atoms with Crippen LogP contribution >= 0.6 is 0 Å². The fourth-order valence-electron chi connectivity index (χ4n) is 2.52. The Morgan fingerprint density at radius 1 is 1.00 bits per heavy atom. The molecule has 0 radical (unpaired) electrons. The largest absolute Gasteiger partial charge is 0.365 e. The molecule has 0 saturated heterocycles. The summed E-state index contributed by atoms with van der Waals surface area (Å²) < 4.78 is 0. The minimum absolute atomic E-state index is 0.880. The van der Waals surface area contributed by atoms with Crippen LogP contribution in [0.5, 0.6) is 0 Å². The van der Waals surface area contributed by atoms with Crippen molar-refractivity contribution in [3.8, 4) is 0 Å². The summed E-state index contributed by atoms with van der Waals surface area (Å²) in [6.07, 6.45) is 10.7. The first-order chi connectivity index (χ1) is 6.45. The topological polar surface area (TPSA) is 15.8 Å². The van der Waals surface area contributed by atoms with Gasteiger partial charge in [0.25, 0.3) is 0 Å². The van der Waals surface area contributed by atoms with E-state index in [9.17, 15) is 0 Å². The first kappa shape index (κ1) is 7.66. The van der Waals surface area contributed by atoms with E-state index < -0.39 is 0 Å². The number of hydrogen-bond acceptors (Lipinski definition) is 0. The Balaban J connectivity index is 1.86. The van der Waals surface area contributed by atoms with Crippen LogP contribution in [-0.2, 0) is 0 Å². The van der Waals surface area contributed by atoms with E-state index in [1.54, 1.807) is 11.3 Å². The molecule has 2 aliphatic rings. The Kier molecular flexibility index (Phi) is 1.71. The highest BCUT2D eigenvalue weighted by molar-refractivity contribution is 5.30. The lowest BCUT2D eigenvalue weighted by Gasteiger charge is -2.31. The fraction of sp³-hybridized carbons (Fsp3) is 0.667. The maximum Gasteiger partial charge on any atom is 0.0214 e. The molecule has 1 aromatic rings. The molecule has 0 aromatic carbocycles. The highest BCUT2D eigenvalue weighted by atomic mass is 14.7. The van der Waals surface area contributed by atoms with Crippen molar-refractivity contribution >= 4 is 0 Å². The molecule has 0 unspecified atom stereocenters. The third-order valence-electron chi connectivity index (χ3n) is 3.87. The molecule has 70 valence electrons. The van der Waals surface area contributed by atoms with Crippen LogP contribution in [0.2, 0.25) is 0 Å². The summed E-state index contributed by atoms with van der Waals surface area (Å²) in [7, 11) is 0. The van der Waals surface area contributed by atoms with E-state index in [-0.39, 0.29) is 0 Å². The quantitative estimate of drug-likeness (QED) is 0.707. The highest BCUT2D eigenvalue weighted by Crippen LogP contribution is 2.44. The minimum atomic E-state index is 0.880. The zero-order chi connectivity index (χ0) is 8.67. The van der Waals surface area contributed by atoms with Crippen LogP contribution in [0.1, 0.15) is 61.6 Å². The monoisotopic (exact) mass is 175 g/mol. The number of rotatable bonds is 2. The zero-order valence-electron chi connectivity index (χ0n) is 8.05. The second-order valence-electron chi connectivity index (χ2n) is 4.60. The number of aromatic nitrogens is 1. The summed E-state index contributed by atoms with van der Waals surface area (Å²) in [5, 5.41) is 0. The molecule has 13 heavy (non-hydrogen) atoms. The molecular weight excluding hydrogens is 158 g/mol. The van der Waals surface area contributed by atoms with Gasteiger partial charge < -0.3 is 4.98 Å². The van der Waals surface area contributed by atoms with E-state index >= 15 is 0 Å². The maximum atomic E-state index is 3.46. The second kappa shape index (κ2) is 2.90. The van der Waals surface area contributed by atoms with Gasteiger partial charge in [0.05, 0.1) is 0 Å². The van der Waals surface area contributed by atoms with Crippen molar-refractivity contribution in [2.45, 2.75) is 50.4 Å². The third-order valence-corrected chi connectivity index (χ3v) is 3.87. The van der Waals surface area contributed by atoms with Crippen molar-refractivity contribution in [3.05, 3.63) is 23.5 Å². The molecule has 2 aliphatic carbocycles. The molecule has 1 N–H and O–H groups in total. The Hall–Kier alpha value is -0.720. The van der Waals surface area contributed by atoms with Crippen LogP contribution in [0.4, 0.5) is 0 Å². The third kappa shape index (κ3) is 1.13. The summed E-state index contributed by atoms with van der Waals surface area (Å²) >= 11 is 0.